The number of nitrogens with two attached hydrogens (primary N) is 1. The van der Waals surface area contributed by atoms with Crippen LogP contribution in [0.1, 0.15) is 11.4 Å². The van der Waals surface area contributed by atoms with Crippen molar-refractivity contribution in [1.82, 2.24) is 30.1 Å². The van der Waals surface area contributed by atoms with Gasteiger partial charge >= 0.3 is 18.3 Å². The van der Waals surface area contributed by atoms with Crippen LogP contribution in [0.25, 0.3) is 0 Å². The van der Waals surface area contributed by atoms with Gasteiger partial charge in [-0.15, -0.1) is 5.10 Å². The molecule has 0 saturated carbocycles. The number of nitrogens with zero attached hydrogens (tertiary/aromatic N) is 6. The first-order valence-corrected chi connectivity index (χ1v) is 7.29. The van der Waals surface area contributed by atoms with E-state index in [9.17, 15) is 26.3 Å². The van der Waals surface area contributed by atoms with Crippen molar-refractivity contribution in [3.05, 3.63) is 29.7 Å². The number of anilines is 1. The SMILES string of the molecule is CN(Cc1ccc(N)nc1)Cc1nnnn1CC(F)(F)F.O=C(O)C(F)(F)F. The lowest BCUT2D eigenvalue weighted by Crippen LogP contribution is -2.25. The fraction of sp³-hybridized carbons (Fsp3) is 0.462. The summed E-state index contributed by atoms with van der Waals surface area (Å²) in [7, 11) is 1.75. The van der Waals surface area contributed by atoms with Gasteiger partial charge in [0.25, 0.3) is 0 Å². The van der Waals surface area contributed by atoms with Crippen LogP contribution < -0.4 is 5.73 Å². The minimum absolute atomic E-state index is 0.151. The van der Waals surface area contributed by atoms with Crippen molar-refractivity contribution in [2.75, 3.05) is 12.8 Å². The zero-order valence-corrected chi connectivity index (χ0v) is 14.2. The average molecular weight is 415 g/mol. The summed E-state index contributed by atoms with van der Waals surface area (Å²) in [5, 5.41) is 17.4. The smallest absolute Gasteiger partial charge is 0.475 e. The maximum absolute atomic E-state index is 12.4. The molecule has 0 saturated heterocycles. The highest BCUT2D eigenvalue weighted by atomic mass is 19.4. The number of rotatable bonds is 5. The van der Waals surface area contributed by atoms with Gasteiger partial charge in [-0.1, -0.05) is 6.07 Å². The zero-order chi connectivity index (χ0) is 21.5. The van der Waals surface area contributed by atoms with Crippen molar-refractivity contribution in [2.24, 2.45) is 0 Å². The summed E-state index contributed by atoms with van der Waals surface area (Å²) in [5.74, 6) is -2.19. The summed E-state index contributed by atoms with van der Waals surface area (Å²) in [6.07, 6.45) is -7.83. The fourth-order valence-electron chi connectivity index (χ4n) is 1.77. The Morgan fingerprint density at radius 2 is 1.82 bits per heavy atom. The summed E-state index contributed by atoms with van der Waals surface area (Å²) in [4.78, 5) is 14.6. The molecule has 2 aromatic heterocycles. The highest BCUT2D eigenvalue weighted by Crippen LogP contribution is 2.17. The number of hydrogen-bond donors (Lipinski definition) is 2. The maximum atomic E-state index is 12.4. The van der Waals surface area contributed by atoms with Crippen molar-refractivity contribution in [2.45, 2.75) is 32.0 Å². The number of tetrazole rings is 1. The largest absolute Gasteiger partial charge is 0.490 e. The van der Waals surface area contributed by atoms with Crippen molar-refractivity contribution in [3.8, 4) is 0 Å². The average Bonchev–Trinajstić information content (AvgIpc) is 2.94. The normalized spacial score (nSPS) is 11.9. The third kappa shape index (κ3) is 8.61. The molecule has 0 aliphatic rings. The number of aliphatic carboxylic acids is 1. The Balaban J connectivity index is 0.000000480. The molecule has 0 amide bonds. The van der Waals surface area contributed by atoms with E-state index in [4.69, 9.17) is 15.6 Å². The third-order valence-electron chi connectivity index (χ3n) is 2.89. The standard InChI is InChI=1S/C11H14F3N7.C2HF3O2/c1-20(5-8-2-3-9(15)16-4-8)6-10-17-18-19-21(10)7-11(12,13)14;3-2(4,5)1(6)7/h2-4H,5-7H2,1H3,(H2,15,16);(H,6,7). The zero-order valence-electron chi connectivity index (χ0n) is 14.2. The summed E-state index contributed by atoms with van der Waals surface area (Å²) < 4.78 is 69.6. The van der Waals surface area contributed by atoms with Gasteiger partial charge in [0, 0.05) is 12.7 Å². The Labute approximate surface area is 153 Å². The van der Waals surface area contributed by atoms with Gasteiger partial charge in [0.2, 0.25) is 0 Å². The molecule has 28 heavy (non-hydrogen) atoms. The summed E-state index contributed by atoms with van der Waals surface area (Å²) in [5.41, 5.74) is 6.37. The topological polar surface area (TPSA) is 123 Å². The van der Waals surface area contributed by atoms with E-state index in [1.807, 2.05) is 0 Å². The maximum Gasteiger partial charge on any atom is 0.490 e. The first kappa shape index (κ1) is 23.1. The molecule has 15 heteroatoms. The molecule has 0 atom stereocenters. The molecule has 9 nitrogen and oxygen atoms in total. The molecule has 0 radical (unpaired) electrons. The van der Waals surface area contributed by atoms with Gasteiger partial charge in [0.15, 0.2) is 5.82 Å². The first-order chi connectivity index (χ1) is 12.8. The van der Waals surface area contributed by atoms with E-state index in [-0.39, 0.29) is 12.4 Å². The Bertz CT molecular complexity index is 760. The lowest BCUT2D eigenvalue weighted by Gasteiger charge is -2.16. The van der Waals surface area contributed by atoms with Crippen molar-refractivity contribution >= 4 is 11.8 Å². The molecule has 0 aliphatic carbocycles. The van der Waals surface area contributed by atoms with Gasteiger partial charge in [-0.05, 0) is 29.1 Å². The Hall–Kier alpha value is -2.97. The number of aromatic nitrogens is 5. The molecule has 3 N–H and O–H groups in total. The van der Waals surface area contributed by atoms with Crippen LogP contribution in [0, 0.1) is 0 Å². The van der Waals surface area contributed by atoms with Crippen LogP contribution in [0.5, 0.6) is 0 Å². The second kappa shape index (κ2) is 9.29. The van der Waals surface area contributed by atoms with Crippen molar-refractivity contribution < 1.29 is 36.2 Å². The second-order valence-electron chi connectivity index (χ2n) is 5.43. The Kier molecular flexibility index (Phi) is 7.66. The van der Waals surface area contributed by atoms with Crippen LogP contribution in [-0.2, 0) is 24.4 Å². The van der Waals surface area contributed by atoms with E-state index < -0.39 is 24.9 Å². The summed E-state index contributed by atoms with van der Waals surface area (Å²) in [6, 6.07) is 3.47. The predicted octanol–water partition coefficient (Wildman–Crippen LogP) is 1.48. The fourth-order valence-corrected chi connectivity index (χ4v) is 1.77. The molecule has 0 unspecified atom stereocenters. The van der Waals surface area contributed by atoms with Gasteiger partial charge < -0.3 is 10.8 Å². The number of hydrogen-bond acceptors (Lipinski definition) is 7. The summed E-state index contributed by atoms with van der Waals surface area (Å²) in [6.45, 7) is -0.522. The van der Waals surface area contributed by atoms with Gasteiger partial charge in [-0.3, -0.25) is 4.90 Å². The Morgan fingerprint density at radius 1 is 1.21 bits per heavy atom. The first-order valence-electron chi connectivity index (χ1n) is 7.29. The molecule has 0 aliphatic heterocycles. The van der Waals surface area contributed by atoms with E-state index >= 15 is 0 Å². The highest BCUT2D eigenvalue weighted by molar-refractivity contribution is 5.73. The van der Waals surface area contributed by atoms with Crippen LogP contribution in [0.2, 0.25) is 0 Å². The van der Waals surface area contributed by atoms with Gasteiger partial charge in [-0.2, -0.15) is 26.3 Å². The highest BCUT2D eigenvalue weighted by Gasteiger charge is 2.38. The monoisotopic (exact) mass is 415 g/mol. The molecule has 2 aromatic rings. The minimum atomic E-state index is -5.08. The number of nitrogen functional groups attached to an aromatic ring is 1. The van der Waals surface area contributed by atoms with Gasteiger partial charge in [-0.25, -0.2) is 14.5 Å². The molecule has 0 fully saturated rings. The van der Waals surface area contributed by atoms with Crippen LogP contribution in [0.15, 0.2) is 18.3 Å². The van der Waals surface area contributed by atoms with Crippen molar-refractivity contribution in [1.29, 1.82) is 0 Å². The number of alkyl halides is 6. The van der Waals surface area contributed by atoms with E-state index in [1.54, 1.807) is 30.3 Å². The predicted molar refractivity (Wildman–Crippen MR) is 81.4 cm³/mol. The number of pyridine rings is 1. The summed E-state index contributed by atoms with van der Waals surface area (Å²) >= 11 is 0. The molecule has 156 valence electrons. The van der Waals surface area contributed by atoms with E-state index in [0.29, 0.717) is 12.4 Å². The quantitative estimate of drug-likeness (QED) is 0.704. The Morgan fingerprint density at radius 3 is 2.29 bits per heavy atom. The third-order valence-corrected chi connectivity index (χ3v) is 2.89. The minimum Gasteiger partial charge on any atom is -0.475 e. The second-order valence-corrected chi connectivity index (χ2v) is 5.43. The number of carbonyl (C=O) groups is 1. The molecular weight excluding hydrogens is 400 g/mol. The lowest BCUT2D eigenvalue weighted by atomic mass is 10.2. The van der Waals surface area contributed by atoms with Crippen molar-refractivity contribution in [3.63, 3.8) is 0 Å². The molecule has 0 bridgehead atoms. The van der Waals surface area contributed by atoms with Crippen LogP contribution in [0.3, 0.4) is 0 Å². The molecule has 2 rings (SSSR count). The number of halogens is 6. The number of carboxylic acid groups (broad SMARTS) is 1. The number of carboxylic acids is 1. The van der Waals surface area contributed by atoms with Gasteiger partial charge in [0.05, 0.1) is 6.54 Å². The molecule has 0 aromatic carbocycles. The van der Waals surface area contributed by atoms with E-state index in [1.165, 1.54) is 0 Å². The molecule has 0 spiro atoms. The molecular formula is C13H15F6N7O2. The van der Waals surface area contributed by atoms with E-state index in [2.05, 4.69) is 20.5 Å². The lowest BCUT2D eigenvalue weighted by molar-refractivity contribution is -0.192. The van der Waals surface area contributed by atoms with Crippen LogP contribution >= 0.6 is 0 Å². The molecule has 2 heterocycles. The van der Waals surface area contributed by atoms with Crippen LogP contribution in [0.4, 0.5) is 32.2 Å². The van der Waals surface area contributed by atoms with Crippen LogP contribution in [-0.4, -0.2) is 60.6 Å². The van der Waals surface area contributed by atoms with Gasteiger partial charge in [0.1, 0.15) is 12.4 Å². The van der Waals surface area contributed by atoms with E-state index in [0.717, 1.165) is 10.2 Å².